The molecule has 5 heteroatoms. The fourth-order valence-electron chi connectivity index (χ4n) is 3.58. The average Bonchev–Trinajstić information content (AvgIpc) is 2.67. The summed E-state index contributed by atoms with van der Waals surface area (Å²) in [5.41, 5.74) is 0. The van der Waals surface area contributed by atoms with Crippen LogP contribution in [0.2, 0.25) is 0 Å². The van der Waals surface area contributed by atoms with Crippen molar-refractivity contribution in [3.8, 4) is 0 Å². The van der Waals surface area contributed by atoms with Crippen molar-refractivity contribution < 1.29 is 4.79 Å². The third-order valence-electron chi connectivity index (χ3n) is 4.64. The summed E-state index contributed by atoms with van der Waals surface area (Å²) in [5, 5.41) is 0. The molecule has 0 unspecified atom stereocenters. The van der Waals surface area contributed by atoms with Gasteiger partial charge in [0.15, 0.2) is 0 Å². The molecule has 3 fully saturated rings. The van der Waals surface area contributed by atoms with Crippen LogP contribution in [-0.2, 0) is 6.54 Å². The van der Waals surface area contributed by atoms with Gasteiger partial charge in [-0.25, -0.2) is 4.79 Å². The number of hydrogen-bond donors (Lipinski definition) is 0. The second kappa shape index (κ2) is 5.97. The van der Waals surface area contributed by atoms with Crippen molar-refractivity contribution in [3.05, 3.63) is 21.9 Å². The van der Waals surface area contributed by atoms with Crippen LogP contribution in [0.15, 0.2) is 12.1 Å². The highest BCUT2D eigenvalue weighted by atomic mass is 32.1. The van der Waals surface area contributed by atoms with Gasteiger partial charge in [0.1, 0.15) is 0 Å². The summed E-state index contributed by atoms with van der Waals surface area (Å²) >= 11 is 1.90. The lowest BCUT2D eigenvalue weighted by atomic mass is 9.95. The van der Waals surface area contributed by atoms with Crippen LogP contribution in [0.5, 0.6) is 0 Å². The number of aryl methyl sites for hydroxylation is 1. The monoisotopic (exact) mass is 307 g/mol. The van der Waals surface area contributed by atoms with Crippen LogP contribution in [0.3, 0.4) is 0 Å². The number of carbonyl (C=O) groups excluding carboxylic acids is 1. The average molecular weight is 307 g/mol. The van der Waals surface area contributed by atoms with Crippen LogP contribution < -0.4 is 0 Å². The van der Waals surface area contributed by atoms with Crippen molar-refractivity contribution >= 4 is 17.4 Å². The summed E-state index contributed by atoms with van der Waals surface area (Å²) in [6.07, 6.45) is 2.49. The molecule has 3 aliphatic rings. The van der Waals surface area contributed by atoms with E-state index < -0.39 is 0 Å². The number of amides is 2. The van der Waals surface area contributed by atoms with E-state index in [4.69, 9.17) is 0 Å². The smallest absolute Gasteiger partial charge is 0.319 e. The van der Waals surface area contributed by atoms with E-state index in [1.165, 1.54) is 22.6 Å². The van der Waals surface area contributed by atoms with Gasteiger partial charge >= 0.3 is 6.03 Å². The highest BCUT2D eigenvalue weighted by molar-refractivity contribution is 7.11. The maximum absolute atomic E-state index is 12.3. The van der Waals surface area contributed by atoms with Crippen LogP contribution in [0.25, 0.3) is 0 Å². The normalized spacial score (nSPS) is 26.0. The Bertz CT molecular complexity index is 513. The molecular formula is C16H25N3OS. The Kier molecular flexibility index (Phi) is 4.22. The topological polar surface area (TPSA) is 26.8 Å². The molecule has 0 N–H and O–H groups in total. The Hall–Kier alpha value is -1.07. The van der Waals surface area contributed by atoms with Gasteiger partial charge in [-0.15, -0.1) is 11.3 Å². The van der Waals surface area contributed by atoms with Crippen molar-refractivity contribution in [2.24, 2.45) is 5.92 Å². The zero-order chi connectivity index (χ0) is 15.0. The zero-order valence-electron chi connectivity index (χ0n) is 13.2. The maximum atomic E-state index is 12.3. The zero-order valence-corrected chi connectivity index (χ0v) is 14.0. The van der Waals surface area contributed by atoms with Gasteiger partial charge in [0.05, 0.1) is 0 Å². The minimum atomic E-state index is 0.167. The van der Waals surface area contributed by atoms with Crippen molar-refractivity contribution in [1.82, 2.24) is 14.7 Å². The van der Waals surface area contributed by atoms with Crippen molar-refractivity contribution in [2.45, 2.75) is 32.4 Å². The van der Waals surface area contributed by atoms with E-state index >= 15 is 0 Å². The van der Waals surface area contributed by atoms with E-state index in [-0.39, 0.29) is 6.03 Å². The van der Waals surface area contributed by atoms with E-state index in [0.29, 0.717) is 12.0 Å². The molecule has 0 aromatic carbocycles. The van der Waals surface area contributed by atoms with Crippen LogP contribution in [0.1, 0.15) is 22.6 Å². The van der Waals surface area contributed by atoms with Gasteiger partial charge in [-0.2, -0.15) is 0 Å². The summed E-state index contributed by atoms with van der Waals surface area (Å²) in [6, 6.07) is 5.15. The molecule has 4 nitrogen and oxygen atoms in total. The fourth-order valence-corrected chi connectivity index (χ4v) is 4.50. The first-order chi connectivity index (χ1) is 10.0. The molecule has 1 aromatic heterocycles. The van der Waals surface area contributed by atoms with Crippen LogP contribution >= 0.6 is 11.3 Å². The molecule has 2 amide bonds. The second-order valence-corrected chi connectivity index (χ2v) is 7.99. The minimum Gasteiger partial charge on any atom is -0.331 e. The lowest BCUT2D eigenvalue weighted by Gasteiger charge is -2.35. The molecule has 0 spiro atoms. The number of nitrogens with zero attached hydrogens (tertiary/aromatic N) is 3. The highest BCUT2D eigenvalue weighted by Gasteiger charge is 2.36. The van der Waals surface area contributed by atoms with Gasteiger partial charge in [-0.3, -0.25) is 4.90 Å². The maximum Gasteiger partial charge on any atom is 0.319 e. The summed E-state index contributed by atoms with van der Waals surface area (Å²) in [4.78, 5) is 21.5. The quantitative estimate of drug-likeness (QED) is 0.840. The minimum absolute atomic E-state index is 0.167. The van der Waals surface area contributed by atoms with Crippen molar-refractivity contribution in [1.29, 1.82) is 0 Å². The Morgan fingerprint density at radius 1 is 1.29 bits per heavy atom. The van der Waals surface area contributed by atoms with Crippen LogP contribution in [0.4, 0.5) is 4.79 Å². The number of hydrogen-bond acceptors (Lipinski definition) is 3. The van der Waals surface area contributed by atoms with E-state index in [0.717, 1.165) is 26.2 Å². The fraction of sp³-hybridized carbons (Fsp3) is 0.688. The Labute approximate surface area is 131 Å². The third kappa shape index (κ3) is 3.24. The molecule has 1 aromatic rings. The van der Waals surface area contributed by atoms with E-state index in [2.05, 4.69) is 28.9 Å². The summed E-state index contributed by atoms with van der Waals surface area (Å²) in [5.74, 6) is 0.633. The molecular weight excluding hydrogens is 282 g/mol. The van der Waals surface area contributed by atoms with Gasteiger partial charge in [-0.1, -0.05) is 0 Å². The summed E-state index contributed by atoms with van der Waals surface area (Å²) in [7, 11) is 3.70. The standard InChI is InChI=1S/C16H25N3OS/c1-12-4-7-15(21-12)11-18-8-13-5-6-14(18)10-19(9-13)16(20)17(2)3/h4,7,13-14H,5-6,8-11H2,1-3H3/t13-,14-/m1/s1. The largest absolute Gasteiger partial charge is 0.331 e. The first kappa shape index (κ1) is 14.9. The SMILES string of the molecule is Cc1ccc(CN2C[C@H]3CC[C@@H]2CN(C(=O)N(C)C)C3)s1. The lowest BCUT2D eigenvalue weighted by Crippen LogP contribution is -2.45. The van der Waals surface area contributed by atoms with Gasteiger partial charge in [0.2, 0.25) is 0 Å². The van der Waals surface area contributed by atoms with Gasteiger partial charge in [0.25, 0.3) is 0 Å². The number of thiophene rings is 1. The van der Waals surface area contributed by atoms with E-state index in [9.17, 15) is 4.79 Å². The number of rotatable bonds is 2. The van der Waals surface area contributed by atoms with Crippen LogP contribution in [0, 0.1) is 12.8 Å². The number of urea groups is 1. The first-order valence-electron chi connectivity index (χ1n) is 7.78. The van der Waals surface area contributed by atoms with Crippen molar-refractivity contribution in [3.63, 3.8) is 0 Å². The van der Waals surface area contributed by atoms with Gasteiger partial charge in [-0.05, 0) is 37.8 Å². The molecule has 2 atom stereocenters. The van der Waals surface area contributed by atoms with Crippen molar-refractivity contribution in [2.75, 3.05) is 33.7 Å². The molecule has 21 heavy (non-hydrogen) atoms. The van der Waals surface area contributed by atoms with E-state index in [1.807, 2.05) is 25.4 Å². The third-order valence-corrected chi connectivity index (χ3v) is 5.62. The second-order valence-electron chi connectivity index (χ2n) is 6.62. The van der Waals surface area contributed by atoms with Crippen LogP contribution in [-0.4, -0.2) is 60.5 Å². The van der Waals surface area contributed by atoms with Gasteiger partial charge < -0.3 is 9.80 Å². The molecule has 3 aliphatic heterocycles. The predicted molar refractivity (Wildman–Crippen MR) is 86.6 cm³/mol. The molecule has 2 bridgehead atoms. The Morgan fingerprint density at radius 3 is 2.76 bits per heavy atom. The molecule has 116 valence electrons. The summed E-state index contributed by atoms with van der Waals surface area (Å²) in [6.45, 7) is 6.16. The number of fused-ring (bicyclic) bond motifs is 4. The molecule has 4 rings (SSSR count). The summed E-state index contributed by atoms with van der Waals surface area (Å²) < 4.78 is 0. The Balaban J connectivity index is 1.70. The first-order valence-corrected chi connectivity index (χ1v) is 8.60. The number of carbonyl (C=O) groups is 1. The molecule has 0 radical (unpaired) electrons. The Morgan fingerprint density at radius 2 is 2.10 bits per heavy atom. The molecule has 3 saturated heterocycles. The lowest BCUT2D eigenvalue weighted by molar-refractivity contribution is 0.124. The molecule has 0 saturated carbocycles. The molecule has 0 aliphatic carbocycles. The van der Waals surface area contributed by atoms with Gasteiger partial charge in [0, 0.05) is 56.1 Å². The number of piperidine rings is 1. The highest BCUT2D eigenvalue weighted by Crippen LogP contribution is 2.30. The molecule has 4 heterocycles. The predicted octanol–water partition coefficient (Wildman–Crippen LogP) is 2.63. The van der Waals surface area contributed by atoms with E-state index in [1.54, 1.807) is 4.90 Å².